The number of fused-ring (bicyclic) bond motifs is 12. The molecular formula is C60H37F3N2O. The second-order valence-corrected chi connectivity index (χ2v) is 17.3. The number of rotatable bonds is 5. The van der Waals surface area contributed by atoms with Crippen LogP contribution in [-0.2, 0) is 6.18 Å². The summed E-state index contributed by atoms with van der Waals surface area (Å²) in [5, 5.41) is 8.86. The largest absolute Gasteiger partial charge is 0.485 e. The number of halogens is 3. The van der Waals surface area contributed by atoms with Gasteiger partial charge in [-0.2, -0.15) is 13.2 Å². The molecule has 2 aromatic heterocycles. The molecule has 0 N–H and O–H groups in total. The first-order valence-electron chi connectivity index (χ1n) is 22.2. The van der Waals surface area contributed by atoms with Crippen molar-refractivity contribution in [2.75, 3.05) is 0 Å². The van der Waals surface area contributed by atoms with Gasteiger partial charge in [-0.1, -0.05) is 146 Å². The summed E-state index contributed by atoms with van der Waals surface area (Å²) in [6.07, 6.45) is 4.11. The van der Waals surface area contributed by atoms with Crippen LogP contribution >= 0.6 is 0 Å². The molecule has 66 heavy (non-hydrogen) atoms. The molecular weight excluding hydrogens is 822 g/mol. The summed E-state index contributed by atoms with van der Waals surface area (Å²) in [6.45, 7) is 0. The van der Waals surface area contributed by atoms with Crippen molar-refractivity contribution in [3.8, 4) is 56.2 Å². The van der Waals surface area contributed by atoms with Crippen molar-refractivity contribution < 1.29 is 17.9 Å². The number of aromatic nitrogens is 2. The topological polar surface area (TPSA) is 27.1 Å². The Hall–Kier alpha value is -8.22. The number of allylic oxidation sites excluding steroid dienone is 2. The normalized spacial score (nSPS) is 15.5. The zero-order chi connectivity index (χ0) is 44.1. The van der Waals surface area contributed by atoms with Crippen molar-refractivity contribution >= 4 is 54.1 Å². The molecule has 2 unspecified atom stereocenters. The predicted molar refractivity (Wildman–Crippen MR) is 263 cm³/mol. The molecule has 314 valence electrons. The van der Waals surface area contributed by atoms with Gasteiger partial charge in [-0.15, -0.1) is 0 Å². The predicted octanol–water partition coefficient (Wildman–Crippen LogP) is 16.3. The highest BCUT2D eigenvalue weighted by Crippen LogP contribution is 2.46. The summed E-state index contributed by atoms with van der Waals surface area (Å²) >= 11 is 0. The molecule has 9 aromatic carbocycles. The summed E-state index contributed by atoms with van der Waals surface area (Å²) < 4.78 is 49.7. The Balaban J connectivity index is 1.07. The molecule has 0 saturated heterocycles. The van der Waals surface area contributed by atoms with Gasteiger partial charge < -0.3 is 9.30 Å². The molecule has 6 heteroatoms. The monoisotopic (exact) mass is 858 g/mol. The number of hydrogen-bond donors (Lipinski definition) is 0. The lowest BCUT2D eigenvalue weighted by Gasteiger charge is -2.15. The minimum Gasteiger partial charge on any atom is -0.485 e. The van der Waals surface area contributed by atoms with Crippen molar-refractivity contribution in [2.45, 2.75) is 18.2 Å². The van der Waals surface area contributed by atoms with E-state index in [1.54, 1.807) is 12.1 Å². The fourth-order valence-electron chi connectivity index (χ4n) is 10.3. The van der Waals surface area contributed by atoms with E-state index in [0.29, 0.717) is 5.56 Å². The smallest absolute Gasteiger partial charge is 0.416 e. The molecule has 11 aromatic rings. The van der Waals surface area contributed by atoms with Crippen LogP contribution in [0.1, 0.15) is 17.0 Å². The van der Waals surface area contributed by atoms with Crippen LogP contribution in [0.3, 0.4) is 0 Å². The van der Waals surface area contributed by atoms with Gasteiger partial charge in [-0.05, 0) is 121 Å². The third-order valence-electron chi connectivity index (χ3n) is 13.5. The van der Waals surface area contributed by atoms with E-state index < -0.39 is 11.7 Å². The van der Waals surface area contributed by atoms with Crippen LogP contribution in [0.5, 0.6) is 5.75 Å². The third-order valence-corrected chi connectivity index (χ3v) is 13.5. The molecule has 13 rings (SSSR count). The third kappa shape index (κ3) is 6.16. The van der Waals surface area contributed by atoms with Gasteiger partial charge in [-0.3, -0.25) is 0 Å². The van der Waals surface area contributed by atoms with E-state index in [4.69, 9.17) is 9.72 Å². The van der Waals surface area contributed by atoms with Crippen LogP contribution in [0, 0.1) is 0 Å². The number of nitrogens with zero attached hydrogens (tertiary/aromatic N) is 2. The zero-order valence-corrected chi connectivity index (χ0v) is 35.3. The highest BCUT2D eigenvalue weighted by atomic mass is 19.4. The van der Waals surface area contributed by atoms with E-state index in [0.717, 1.165) is 117 Å². The van der Waals surface area contributed by atoms with Crippen LogP contribution in [0.4, 0.5) is 13.2 Å². The first kappa shape index (κ1) is 38.3. The number of pyridine rings is 1. The summed E-state index contributed by atoms with van der Waals surface area (Å²) in [6, 6.07) is 63.1. The van der Waals surface area contributed by atoms with Crippen molar-refractivity contribution in [2.24, 2.45) is 0 Å². The standard InChI is InChI=1S/C60H37F3N2O/c61-60(62,63)42-24-19-36(20-25-42)39-23-28-56-52(30-39)53-34-50-45-16-8-7-15-44(45)49-29-40(41-22-27-48-47-17-9-10-18-58(47)66-59(48)31-41)21-26-46(49)51(50)35-57(53)65(56)43-32-54(37-11-3-1-4-12-37)64-55(33-43)38-13-5-2-6-14-38/h1-35,47,58H. The molecule has 0 saturated carbocycles. The Morgan fingerprint density at radius 3 is 1.68 bits per heavy atom. The lowest BCUT2D eigenvalue weighted by atomic mass is 9.89. The number of ether oxygens (including phenoxy) is 1. The number of hydrogen-bond acceptors (Lipinski definition) is 2. The first-order chi connectivity index (χ1) is 32.3. The van der Waals surface area contributed by atoms with Gasteiger partial charge in [0.15, 0.2) is 0 Å². The van der Waals surface area contributed by atoms with Crippen molar-refractivity contribution in [1.29, 1.82) is 0 Å². The van der Waals surface area contributed by atoms with Gasteiger partial charge in [0.2, 0.25) is 0 Å². The lowest BCUT2D eigenvalue weighted by Crippen LogP contribution is -2.15. The first-order valence-corrected chi connectivity index (χ1v) is 22.2. The Labute approximate surface area is 378 Å². The second kappa shape index (κ2) is 14.7. The Morgan fingerprint density at radius 1 is 0.424 bits per heavy atom. The van der Waals surface area contributed by atoms with Gasteiger partial charge in [-0.25, -0.2) is 4.98 Å². The second-order valence-electron chi connectivity index (χ2n) is 17.3. The quantitative estimate of drug-likeness (QED) is 0.161. The summed E-state index contributed by atoms with van der Waals surface area (Å²) in [5.74, 6) is 1.16. The minimum atomic E-state index is -4.42. The summed E-state index contributed by atoms with van der Waals surface area (Å²) in [4.78, 5) is 5.21. The molecule has 2 aliphatic rings. The average Bonchev–Trinajstić information content (AvgIpc) is 3.90. The van der Waals surface area contributed by atoms with Gasteiger partial charge in [0, 0.05) is 33.4 Å². The fraction of sp³-hybridized carbons (Fsp3) is 0.0500. The minimum absolute atomic E-state index is 0.0259. The van der Waals surface area contributed by atoms with Gasteiger partial charge in [0.1, 0.15) is 11.9 Å². The highest BCUT2D eigenvalue weighted by molar-refractivity contribution is 6.29. The molecule has 2 atom stereocenters. The Bertz CT molecular complexity index is 3770. The molecule has 0 amide bonds. The molecule has 0 spiro atoms. The maximum Gasteiger partial charge on any atom is 0.416 e. The van der Waals surface area contributed by atoms with E-state index >= 15 is 0 Å². The van der Waals surface area contributed by atoms with E-state index in [2.05, 4.69) is 150 Å². The van der Waals surface area contributed by atoms with Crippen molar-refractivity contribution in [1.82, 2.24) is 9.55 Å². The van der Waals surface area contributed by atoms with Crippen molar-refractivity contribution in [3.63, 3.8) is 0 Å². The maximum atomic E-state index is 13.7. The highest BCUT2D eigenvalue weighted by Gasteiger charge is 2.32. The van der Waals surface area contributed by atoms with E-state index in [1.165, 1.54) is 5.56 Å². The van der Waals surface area contributed by atoms with E-state index in [-0.39, 0.29) is 12.0 Å². The van der Waals surface area contributed by atoms with Crippen molar-refractivity contribution in [3.05, 3.63) is 223 Å². The lowest BCUT2D eigenvalue weighted by molar-refractivity contribution is -0.137. The van der Waals surface area contributed by atoms with Gasteiger partial charge >= 0.3 is 6.18 Å². The van der Waals surface area contributed by atoms with Crippen LogP contribution in [0.2, 0.25) is 0 Å². The molecule has 0 fully saturated rings. The van der Waals surface area contributed by atoms with Crippen LogP contribution in [-0.4, -0.2) is 15.7 Å². The molecule has 3 nitrogen and oxygen atoms in total. The van der Waals surface area contributed by atoms with Crippen LogP contribution in [0.25, 0.3) is 105 Å². The number of alkyl halides is 3. The Morgan fingerprint density at radius 2 is 0.970 bits per heavy atom. The molecule has 1 aliphatic heterocycles. The summed E-state index contributed by atoms with van der Waals surface area (Å²) in [5.41, 5.74) is 10.9. The van der Waals surface area contributed by atoms with Crippen LogP contribution < -0.4 is 4.74 Å². The average molecular weight is 859 g/mol. The van der Waals surface area contributed by atoms with Gasteiger partial charge in [0.05, 0.1) is 33.7 Å². The van der Waals surface area contributed by atoms with Crippen LogP contribution in [0.15, 0.2) is 212 Å². The van der Waals surface area contributed by atoms with E-state index in [1.807, 2.05) is 42.5 Å². The Kier molecular flexibility index (Phi) is 8.50. The SMILES string of the molecule is FC(F)(F)c1ccc(-c2ccc3c(c2)c2cc4c5ccccc5c5cc(-c6ccc7c(c6)OC6C=CC=CC76)ccc5c4cc2n3-c2cc(-c3ccccc3)nc(-c3ccccc3)c2)cc1. The number of benzene rings is 9. The fourth-order valence-corrected chi connectivity index (χ4v) is 10.3. The van der Waals surface area contributed by atoms with E-state index in [9.17, 15) is 13.2 Å². The molecule has 3 heterocycles. The molecule has 1 aliphatic carbocycles. The zero-order valence-electron chi connectivity index (χ0n) is 35.3. The van der Waals surface area contributed by atoms with Gasteiger partial charge in [0.25, 0.3) is 0 Å². The maximum absolute atomic E-state index is 13.7. The summed E-state index contributed by atoms with van der Waals surface area (Å²) in [7, 11) is 0. The molecule has 0 radical (unpaired) electrons. The molecule has 0 bridgehead atoms.